The van der Waals surface area contributed by atoms with Gasteiger partial charge in [-0.2, -0.15) is 21.6 Å². The van der Waals surface area contributed by atoms with Gasteiger partial charge in [-0.25, -0.2) is 0 Å². The van der Waals surface area contributed by atoms with Gasteiger partial charge in [-0.1, -0.05) is 15.9 Å². The third-order valence-corrected chi connectivity index (χ3v) is 9.30. The number of alkyl halides is 3. The van der Waals surface area contributed by atoms with Crippen LogP contribution in [0.2, 0.25) is 0 Å². The van der Waals surface area contributed by atoms with E-state index < -0.39 is 21.4 Å². The van der Waals surface area contributed by atoms with E-state index in [1.54, 1.807) is 6.92 Å². The molecule has 2 aliphatic heterocycles. The summed E-state index contributed by atoms with van der Waals surface area (Å²) in [7, 11) is -5.75. The fraction of sp³-hybridized carbons (Fsp3) is 0.379. The lowest BCUT2D eigenvalue weighted by Gasteiger charge is -2.21. The van der Waals surface area contributed by atoms with E-state index in [4.69, 9.17) is 0 Å². The summed E-state index contributed by atoms with van der Waals surface area (Å²) >= 11 is 6.64. The van der Waals surface area contributed by atoms with E-state index in [9.17, 15) is 21.6 Å². The SMILES string of the molecule is Cc1cc(N2CCCC2)c2cc(Br)c(OS(=O)(=O)C(F)(F)F)cc2n1.Cc1cc(N2CCCC2)c2cc(Br)ccc2n1. The van der Waals surface area contributed by atoms with Crippen LogP contribution in [0.5, 0.6) is 5.75 Å². The molecule has 2 aromatic heterocycles. The highest BCUT2D eigenvalue weighted by Gasteiger charge is 2.48. The van der Waals surface area contributed by atoms with Gasteiger partial charge in [0, 0.05) is 70.3 Å². The Hall–Kier alpha value is -2.64. The number of hydrogen-bond acceptors (Lipinski definition) is 7. The van der Waals surface area contributed by atoms with Crippen LogP contribution in [0.1, 0.15) is 37.1 Å². The third kappa shape index (κ3) is 6.62. The average molecular weight is 730 g/mol. The molecular formula is C29H29Br2F3N4O3S. The predicted molar refractivity (Wildman–Crippen MR) is 167 cm³/mol. The lowest BCUT2D eigenvalue weighted by atomic mass is 10.1. The second kappa shape index (κ2) is 12.2. The zero-order valence-corrected chi connectivity index (χ0v) is 27.0. The zero-order chi connectivity index (χ0) is 30.2. The Kier molecular flexibility index (Phi) is 8.92. The van der Waals surface area contributed by atoms with Crippen LogP contribution < -0.4 is 14.0 Å². The van der Waals surface area contributed by atoms with Crippen molar-refractivity contribution in [2.45, 2.75) is 45.0 Å². The Morgan fingerprint density at radius 1 is 0.762 bits per heavy atom. The molecule has 13 heteroatoms. The third-order valence-electron chi connectivity index (χ3n) is 7.22. The zero-order valence-electron chi connectivity index (χ0n) is 23.0. The number of aryl methyl sites for hydroxylation is 2. The molecule has 0 unspecified atom stereocenters. The lowest BCUT2D eigenvalue weighted by molar-refractivity contribution is -0.0500. The van der Waals surface area contributed by atoms with Gasteiger partial charge >= 0.3 is 15.6 Å². The highest BCUT2D eigenvalue weighted by molar-refractivity contribution is 9.10. The predicted octanol–water partition coefficient (Wildman–Crippen LogP) is 8.04. The molecule has 0 atom stereocenters. The number of fused-ring (bicyclic) bond motifs is 2. The molecule has 0 N–H and O–H groups in total. The van der Waals surface area contributed by atoms with Crippen LogP contribution in [0.25, 0.3) is 21.8 Å². The first-order valence-electron chi connectivity index (χ1n) is 13.5. The van der Waals surface area contributed by atoms with Gasteiger partial charge in [0.25, 0.3) is 0 Å². The van der Waals surface area contributed by atoms with Gasteiger partial charge in [0.2, 0.25) is 0 Å². The van der Waals surface area contributed by atoms with Crippen molar-refractivity contribution < 1.29 is 25.8 Å². The summed E-state index contributed by atoms with van der Waals surface area (Å²) < 4.78 is 65.6. The molecule has 2 aromatic carbocycles. The van der Waals surface area contributed by atoms with Crippen molar-refractivity contribution in [3.63, 3.8) is 0 Å². The van der Waals surface area contributed by atoms with Gasteiger partial charge in [0.1, 0.15) is 0 Å². The summed E-state index contributed by atoms with van der Waals surface area (Å²) in [6, 6.07) is 13.2. The topological polar surface area (TPSA) is 75.6 Å². The van der Waals surface area contributed by atoms with Crippen LogP contribution in [0.3, 0.4) is 0 Å². The molecule has 2 saturated heterocycles. The normalized spacial score (nSPS) is 15.8. The van der Waals surface area contributed by atoms with Crippen LogP contribution in [0.4, 0.5) is 24.5 Å². The number of benzene rings is 2. The second-order valence-corrected chi connectivity index (χ2v) is 13.7. The Balaban J connectivity index is 0.000000180. The van der Waals surface area contributed by atoms with Crippen LogP contribution in [-0.4, -0.2) is 50.1 Å². The molecule has 0 bridgehead atoms. The summed E-state index contributed by atoms with van der Waals surface area (Å²) in [6.07, 6.45) is 4.73. The van der Waals surface area contributed by atoms with Crippen LogP contribution in [0.15, 0.2) is 51.4 Å². The van der Waals surface area contributed by atoms with E-state index in [0.717, 1.165) is 52.7 Å². The maximum absolute atomic E-state index is 12.5. The summed E-state index contributed by atoms with van der Waals surface area (Å²) in [4.78, 5) is 13.6. The molecule has 2 fully saturated rings. The first-order valence-corrected chi connectivity index (χ1v) is 16.5. The Morgan fingerprint density at radius 3 is 1.79 bits per heavy atom. The van der Waals surface area contributed by atoms with Crippen molar-refractivity contribution >= 4 is 75.2 Å². The maximum atomic E-state index is 12.5. The average Bonchev–Trinajstić information content (AvgIpc) is 3.64. The van der Waals surface area contributed by atoms with Gasteiger partial charge in [-0.05, 0) is 91.9 Å². The monoisotopic (exact) mass is 728 g/mol. The summed E-state index contributed by atoms with van der Waals surface area (Å²) in [5.41, 5.74) is 0.00942. The van der Waals surface area contributed by atoms with Gasteiger partial charge in [0.15, 0.2) is 5.75 Å². The first kappa shape index (κ1) is 30.8. The van der Waals surface area contributed by atoms with Crippen molar-refractivity contribution in [3.05, 3.63) is 62.8 Å². The van der Waals surface area contributed by atoms with Crippen LogP contribution in [0, 0.1) is 13.8 Å². The molecule has 0 saturated carbocycles. The molecule has 224 valence electrons. The van der Waals surface area contributed by atoms with Gasteiger partial charge in [-0.15, -0.1) is 0 Å². The van der Waals surface area contributed by atoms with Crippen molar-refractivity contribution in [2.24, 2.45) is 0 Å². The van der Waals surface area contributed by atoms with E-state index in [-0.39, 0.29) is 4.47 Å². The number of hydrogen-bond donors (Lipinski definition) is 0. The number of rotatable bonds is 4. The molecule has 4 aromatic rings. The number of aromatic nitrogens is 2. The van der Waals surface area contributed by atoms with E-state index in [0.29, 0.717) is 11.2 Å². The van der Waals surface area contributed by atoms with Crippen molar-refractivity contribution in [1.29, 1.82) is 0 Å². The standard InChI is InChI=1S/C15H14BrF3N2O3S.C14H15BrN2/c1-9-6-13(21-4-2-3-5-21)10-7-11(16)14(8-12(10)20-9)24-25(22,23)15(17,18)19;1-10-8-14(17-6-2-3-7-17)12-9-11(15)4-5-13(12)16-10/h6-8H,2-5H2,1H3;4-5,8-9H,2-3,6-7H2,1H3. The lowest BCUT2D eigenvalue weighted by Crippen LogP contribution is -2.28. The smallest absolute Gasteiger partial charge is 0.375 e. The quantitative estimate of drug-likeness (QED) is 0.156. The Morgan fingerprint density at radius 2 is 1.26 bits per heavy atom. The molecule has 4 heterocycles. The Labute approximate surface area is 259 Å². The van der Waals surface area contributed by atoms with Crippen molar-refractivity contribution in [3.8, 4) is 5.75 Å². The molecule has 7 nitrogen and oxygen atoms in total. The molecule has 2 aliphatic rings. The maximum Gasteiger partial charge on any atom is 0.534 e. The molecule has 0 amide bonds. The van der Waals surface area contributed by atoms with E-state index in [2.05, 4.69) is 87.0 Å². The summed E-state index contributed by atoms with van der Waals surface area (Å²) in [5.74, 6) is -0.449. The minimum absolute atomic E-state index is 0.110. The largest absolute Gasteiger partial charge is 0.534 e. The summed E-state index contributed by atoms with van der Waals surface area (Å²) in [6.45, 7) is 7.96. The molecule has 6 rings (SSSR count). The molecule has 0 aliphatic carbocycles. The van der Waals surface area contributed by atoms with E-state index >= 15 is 0 Å². The highest BCUT2D eigenvalue weighted by atomic mass is 79.9. The van der Waals surface area contributed by atoms with E-state index in [1.807, 2.05) is 6.07 Å². The number of nitrogens with zero attached hydrogens (tertiary/aromatic N) is 4. The number of pyridine rings is 2. The van der Waals surface area contributed by atoms with Crippen molar-refractivity contribution in [2.75, 3.05) is 36.0 Å². The fourth-order valence-electron chi connectivity index (χ4n) is 5.32. The van der Waals surface area contributed by atoms with Gasteiger partial charge in [0.05, 0.1) is 15.5 Å². The highest BCUT2D eigenvalue weighted by Crippen LogP contribution is 2.38. The second-order valence-electron chi connectivity index (χ2n) is 10.4. The molecular weight excluding hydrogens is 701 g/mol. The van der Waals surface area contributed by atoms with Crippen molar-refractivity contribution in [1.82, 2.24) is 9.97 Å². The van der Waals surface area contributed by atoms with Crippen LogP contribution in [-0.2, 0) is 10.1 Å². The minimum atomic E-state index is -5.75. The minimum Gasteiger partial charge on any atom is -0.375 e. The number of halogens is 5. The first-order chi connectivity index (χ1) is 19.8. The molecule has 42 heavy (non-hydrogen) atoms. The fourth-order valence-corrected chi connectivity index (χ4v) is 6.68. The van der Waals surface area contributed by atoms with Gasteiger partial charge < -0.3 is 14.0 Å². The number of anilines is 2. The Bertz CT molecular complexity index is 1740. The summed E-state index contributed by atoms with van der Waals surface area (Å²) in [5, 5.41) is 1.98. The molecule has 0 radical (unpaired) electrons. The van der Waals surface area contributed by atoms with E-state index in [1.165, 1.54) is 49.1 Å². The van der Waals surface area contributed by atoms with Gasteiger partial charge in [-0.3, -0.25) is 9.97 Å². The molecule has 0 spiro atoms. The van der Waals surface area contributed by atoms with Crippen LogP contribution >= 0.6 is 31.9 Å².